The van der Waals surface area contributed by atoms with Crippen LogP contribution in [0.15, 0.2) is 53.5 Å². The fourth-order valence-corrected chi connectivity index (χ4v) is 4.24. The monoisotopic (exact) mass is 458 g/mol. The van der Waals surface area contributed by atoms with Gasteiger partial charge < -0.3 is 18.9 Å². The van der Waals surface area contributed by atoms with Gasteiger partial charge in [0.25, 0.3) is 0 Å². The summed E-state index contributed by atoms with van der Waals surface area (Å²) in [7, 11) is 0. The van der Waals surface area contributed by atoms with Crippen LogP contribution in [0.1, 0.15) is 41.7 Å². The molecule has 0 saturated heterocycles. The van der Waals surface area contributed by atoms with Crippen molar-refractivity contribution < 1.29 is 18.7 Å². The smallest absolute Gasteiger partial charge is 0.332 e. The minimum atomic E-state index is -2.37. The van der Waals surface area contributed by atoms with Crippen LogP contribution in [0.5, 0.6) is 0 Å². The number of aryl methyl sites for hydroxylation is 1. The van der Waals surface area contributed by atoms with Crippen molar-refractivity contribution in [2.24, 2.45) is 0 Å². The van der Waals surface area contributed by atoms with Crippen molar-refractivity contribution in [3.8, 4) is 0 Å². The summed E-state index contributed by atoms with van der Waals surface area (Å²) in [6, 6.07) is 10.9. The number of carboxylic acids is 1. The maximum absolute atomic E-state index is 11.9. The van der Waals surface area contributed by atoms with Crippen LogP contribution < -0.4 is 4.72 Å². The molecule has 0 spiro atoms. The minimum Gasteiger partial charge on any atom is -0.755 e. The molecule has 0 saturated carbocycles. The molecule has 31 heavy (non-hydrogen) atoms. The number of hydrogen-bond donors (Lipinski definition) is 2. The number of rotatable bonds is 11. The summed E-state index contributed by atoms with van der Waals surface area (Å²) in [5, 5.41) is 11.6. The number of carboxylic acid groups (broad SMARTS) is 1. The number of nitrogens with one attached hydrogen (secondary N) is 1. The molecule has 0 fully saturated rings. The first-order valence-electron chi connectivity index (χ1n) is 9.91. The SMILES string of the molecule is CCCCc1ncc(C=C(Cc2cccs2)C(=O)O)n1Cc1ccc(NS(=O)[O-])cc1. The van der Waals surface area contributed by atoms with E-state index < -0.39 is 17.2 Å². The predicted octanol–water partition coefficient (Wildman–Crippen LogP) is 4.25. The van der Waals surface area contributed by atoms with Crippen LogP contribution in [-0.4, -0.2) is 29.4 Å². The third kappa shape index (κ3) is 6.61. The lowest BCUT2D eigenvalue weighted by Gasteiger charge is -2.13. The zero-order valence-corrected chi connectivity index (χ0v) is 18.7. The van der Waals surface area contributed by atoms with E-state index >= 15 is 0 Å². The van der Waals surface area contributed by atoms with Gasteiger partial charge in [0, 0.05) is 46.8 Å². The first kappa shape index (κ1) is 22.9. The van der Waals surface area contributed by atoms with Gasteiger partial charge in [0.05, 0.1) is 11.9 Å². The molecule has 0 aliphatic carbocycles. The molecule has 7 nitrogen and oxygen atoms in total. The molecule has 2 aromatic heterocycles. The van der Waals surface area contributed by atoms with Crippen LogP contribution in [0.2, 0.25) is 0 Å². The van der Waals surface area contributed by atoms with E-state index in [1.165, 1.54) is 11.3 Å². The quantitative estimate of drug-likeness (QED) is 0.330. The van der Waals surface area contributed by atoms with Gasteiger partial charge in [-0.2, -0.15) is 0 Å². The minimum absolute atomic E-state index is 0.308. The molecule has 2 heterocycles. The van der Waals surface area contributed by atoms with Crippen LogP contribution >= 0.6 is 11.3 Å². The molecule has 1 unspecified atom stereocenters. The Bertz CT molecular complexity index is 1060. The summed E-state index contributed by atoms with van der Waals surface area (Å²) < 4.78 is 25.9. The molecule has 0 radical (unpaired) electrons. The second-order valence-corrected chi connectivity index (χ2v) is 8.76. The lowest BCUT2D eigenvalue weighted by atomic mass is 10.1. The van der Waals surface area contributed by atoms with Crippen molar-refractivity contribution in [2.75, 3.05) is 4.72 Å². The van der Waals surface area contributed by atoms with Crippen LogP contribution in [0.3, 0.4) is 0 Å². The average Bonchev–Trinajstić information content (AvgIpc) is 3.37. The Labute approximate surface area is 187 Å². The van der Waals surface area contributed by atoms with Crippen LogP contribution in [0.4, 0.5) is 5.69 Å². The molecule has 3 rings (SSSR count). The molecular weight excluding hydrogens is 434 g/mol. The highest BCUT2D eigenvalue weighted by atomic mass is 32.2. The zero-order valence-electron chi connectivity index (χ0n) is 17.1. The summed E-state index contributed by atoms with van der Waals surface area (Å²) in [6.07, 6.45) is 6.59. The number of unbranched alkanes of at least 4 members (excludes halogenated alkanes) is 1. The van der Waals surface area contributed by atoms with Gasteiger partial charge in [0.1, 0.15) is 5.82 Å². The number of carbonyl (C=O) groups is 1. The molecule has 0 aliphatic heterocycles. The average molecular weight is 459 g/mol. The Morgan fingerprint density at radius 1 is 1.32 bits per heavy atom. The number of imidazole rings is 1. The normalized spacial score (nSPS) is 12.6. The molecule has 0 bridgehead atoms. The summed E-state index contributed by atoms with van der Waals surface area (Å²) in [5.41, 5.74) is 2.49. The number of benzene rings is 1. The van der Waals surface area contributed by atoms with Gasteiger partial charge in [-0.3, -0.25) is 4.21 Å². The molecule has 2 N–H and O–H groups in total. The van der Waals surface area contributed by atoms with E-state index in [4.69, 9.17) is 0 Å². The number of anilines is 1. The van der Waals surface area contributed by atoms with Crippen molar-refractivity contribution in [2.45, 2.75) is 39.2 Å². The highest BCUT2D eigenvalue weighted by molar-refractivity contribution is 7.80. The molecule has 3 aromatic rings. The van der Waals surface area contributed by atoms with E-state index in [0.29, 0.717) is 24.2 Å². The summed E-state index contributed by atoms with van der Waals surface area (Å²) >= 11 is -0.837. The fraction of sp³-hybridized carbons (Fsp3) is 0.273. The molecule has 164 valence electrons. The van der Waals surface area contributed by atoms with Gasteiger partial charge in [-0.05, 0) is 41.6 Å². The van der Waals surface area contributed by atoms with Gasteiger partial charge in [-0.1, -0.05) is 31.5 Å². The van der Waals surface area contributed by atoms with Crippen molar-refractivity contribution in [1.82, 2.24) is 9.55 Å². The summed E-state index contributed by atoms with van der Waals surface area (Å²) in [5.74, 6) is -0.0471. The topological polar surface area (TPSA) is 107 Å². The Morgan fingerprint density at radius 3 is 2.71 bits per heavy atom. The molecule has 1 atom stereocenters. The van der Waals surface area contributed by atoms with Crippen molar-refractivity contribution in [3.05, 3.63) is 75.5 Å². The molecule has 0 amide bonds. The van der Waals surface area contributed by atoms with Crippen LogP contribution in [0.25, 0.3) is 6.08 Å². The van der Waals surface area contributed by atoms with Crippen molar-refractivity contribution in [3.63, 3.8) is 0 Å². The van der Waals surface area contributed by atoms with Crippen molar-refractivity contribution in [1.29, 1.82) is 0 Å². The summed E-state index contributed by atoms with van der Waals surface area (Å²) in [4.78, 5) is 17.4. The Kier molecular flexibility index (Phi) is 8.16. The Hall–Kier alpha value is -2.75. The first-order valence-corrected chi connectivity index (χ1v) is 11.9. The predicted molar refractivity (Wildman–Crippen MR) is 123 cm³/mol. The van der Waals surface area contributed by atoms with E-state index in [-0.39, 0.29) is 0 Å². The lowest BCUT2D eigenvalue weighted by molar-refractivity contribution is -0.132. The molecule has 1 aromatic carbocycles. The molecular formula is C22H24N3O4S2-. The third-order valence-corrected chi connectivity index (χ3v) is 6.04. The number of aromatic nitrogens is 2. The second-order valence-electron chi connectivity index (χ2n) is 7.05. The highest BCUT2D eigenvalue weighted by Gasteiger charge is 2.14. The third-order valence-electron chi connectivity index (χ3n) is 4.76. The van der Waals surface area contributed by atoms with Gasteiger partial charge >= 0.3 is 5.97 Å². The van der Waals surface area contributed by atoms with E-state index in [2.05, 4.69) is 16.6 Å². The fourth-order valence-electron chi connectivity index (χ4n) is 3.19. The maximum Gasteiger partial charge on any atom is 0.332 e. The van der Waals surface area contributed by atoms with E-state index in [1.807, 2.05) is 34.2 Å². The maximum atomic E-state index is 11.9. The number of hydrogen-bond acceptors (Lipinski definition) is 5. The highest BCUT2D eigenvalue weighted by Crippen LogP contribution is 2.20. The van der Waals surface area contributed by atoms with E-state index in [9.17, 15) is 18.7 Å². The standard InChI is InChI=1S/C22H25N3O4S2/c1-2-3-6-21-23-14-19(12-17(22(26)27)13-20-5-4-11-30-20)25(21)15-16-7-9-18(10-8-16)24-31(28)29/h4-5,7-12,14,24H,2-3,6,13,15H2,1H3,(H,26,27)(H,28,29)/p-1. The first-order chi connectivity index (χ1) is 15.0. The van der Waals surface area contributed by atoms with E-state index in [0.717, 1.165) is 41.2 Å². The molecule has 9 heteroatoms. The largest absolute Gasteiger partial charge is 0.755 e. The Balaban J connectivity index is 1.90. The van der Waals surface area contributed by atoms with Gasteiger partial charge in [0.2, 0.25) is 0 Å². The van der Waals surface area contributed by atoms with Gasteiger partial charge in [0.15, 0.2) is 0 Å². The molecule has 0 aliphatic rings. The van der Waals surface area contributed by atoms with Crippen molar-refractivity contribution >= 4 is 40.3 Å². The van der Waals surface area contributed by atoms with Gasteiger partial charge in [-0.25, -0.2) is 9.78 Å². The van der Waals surface area contributed by atoms with Crippen LogP contribution in [0, 0.1) is 0 Å². The number of aliphatic carboxylic acids is 1. The van der Waals surface area contributed by atoms with Crippen LogP contribution in [-0.2, 0) is 35.4 Å². The van der Waals surface area contributed by atoms with Gasteiger partial charge in [-0.15, -0.1) is 11.3 Å². The number of nitrogens with zero attached hydrogens (tertiary/aromatic N) is 2. The number of thiophene rings is 1. The summed E-state index contributed by atoms with van der Waals surface area (Å²) in [6.45, 7) is 2.63. The van der Waals surface area contributed by atoms with E-state index in [1.54, 1.807) is 24.4 Å². The second kappa shape index (κ2) is 11.0. The lowest BCUT2D eigenvalue weighted by Crippen LogP contribution is -2.09. The zero-order chi connectivity index (χ0) is 22.2. The Morgan fingerprint density at radius 2 is 2.10 bits per heavy atom.